The molecule has 0 aliphatic heterocycles. The van der Waals surface area contributed by atoms with Gasteiger partial charge in [-0.15, -0.1) is 30.6 Å². The van der Waals surface area contributed by atoms with E-state index in [0.29, 0.717) is 65.5 Å². The number of fused-ring (bicyclic) bond motifs is 3. The van der Waals surface area contributed by atoms with Gasteiger partial charge in [0.15, 0.2) is 17.5 Å². The number of carbonyl (C=O) groups excluding carboxylic acids is 3. The van der Waals surface area contributed by atoms with Gasteiger partial charge in [0.2, 0.25) is 17.1 Å². The number of halogens is 1. The molecule has 15 aromatic rings. The number of amides is 2. The third-order valence-electron chi connectivity index (χ3n) is 15.9. The summed E-state index contributed by atoms with van der Waals surface area (Å²) in [5.41, 5.74) is 21.5. The Morgan fingerprint density at radius 2 is 0.660 bits per heavy atom. The normalized spacial score (nSPS) is 10.6. The molecule has 506 valence electrons. The summed E-state index contributed by atoms with van der Waals surface area (Å²) in [7, 11) is 0. The number of nitrogens with two attached hydrogens (primary N) is 1. The van der Waals surface area contributed by atoms with Gasteiger partial charge in [0.25, 0.3) is 0 Å². The fraction of sp³-hybridized carbons (Fsp3) is 0.0741. The minimum Gasteiger partial charge on any atom is -0.397 e. The maximum atomic E-state index is 11.5. The molecule has 15 rings (SSSR count). The zero-order chi connectivity index (χ0) is 71.3. The van der Waals surface area contributed by atoms with Crippen LogP contribution in [0, 0.1) is 0 Å². The van der Waals surface area contributed by atoms with Gasteiger partial charge in [0, 0.05) is 113 Å². The van der Waals surface area contributed by atoms with Crippen LogP contribution < -0.4 is 32.3 Å². The maximum absolute atomic E-state index is 11.5. The Hall–Kier alpha value is -13.7. The second kappa shape index (κ2) is 33.7. The molecule has 22 heteroatoms. The van der Waals surface area contributed by atoms with Crippen LogP contribution in [0.2, 0.25) is 0 Å². The van der Waals surface area contributed by atoms with Gasteiger partial charge in [-0.3, -0.25) is 44.3 Å². The Labute approximate surface area is 598 Å². The summed E-state index contributed by atoms with van der Waals surface area (Å²) in [6, 6.07) is 72.2. The number of nitrogens with one attached hydrogen (secondary N) is 5. The van der Waals surface area contributed by atoms with Crippen LogP contribution in [0.3, 0.4) is 0 Å². The third-order valence-corrected chi connectivity index (χ3v) is 15.9. The van der Waals surface area contributed by atoms with Crippen LogP contribution in [0.15, 0.2) is 274 Å². The average Bonchev–Trinajstić information content (AvgIpc) is 0.776. The Bertz CT molecular complexity index is 5200. The van der Waals surface area contributed by atoms with E-state index in [-0.39, 0.29) is 17.1 Å². The topological polar surface area (TPSA) is 292 Å². The van der Waals surface area contributed by atoms with Crippen LogP contribution in [-0.4, -0.2) is 77.6 Å². The molecule has 21 nitrogen and oxygen atoms in total. The van der Waals surface area contributed by atoms with Crippen molar-refractivity contribution in [3.05, 3.63) is 291 Å². The van der Waals surface area contributed by atoms with Gasteiger partial charge in [-0.1, -0.05) is 164 Å². The summed E-state index contributed by atoms with van der Waals surface area (Å²) in [6.07, 6.45) is 15.4. The van der Waals surface area contributed by atoms with E-state index in [1.165, 1.54) is 20.8 Å². The van der Waals surface area contributed by atoms with Crippen molar-refractivity contribution in [3.8, 4) is 67.2 Å². The number of rotatable bonds is 17. The number of anilines is 6. The quantitative estimate of drug-likeness (QED) is 0.0462. The van der Waals surface area contributed by atoms with E-state index in [2.05, 4.69) is 159 Å². The lowest BCUT2D eigenvalue weighted by Crippen LogP contribution is -2.07. The maximum Gasteiger partial charge on any atom is 0.221 e. The highest BCUT2D eigenvalue weighted by molar-refractivity contribution is 6.62. The molecule has 0 radical (unpaired) electrons. The highest BCUT2D eigenvalue weighted by atomic mass is 35.5. The second-order valence-corrected chi connectivity index (χ2v) is 23.8. The first-order valence-corrected chi connectivity index (χ1v) is 33.1. The fourth-order valence-corrected chi connectivity index (χ4v) is 11.5. The summed E-state index contributed by atoms with van der Waals surface area (Å²) < 4.78 is 0. The van der Waals surface area contributed by atoms with E-state index in [1.54, 1.807) is 55.8 Å². The van der Waals surface area contributed by atoms with Gasteiger partial charge in [0.05, 0.1) is 66.2 Å². The van der Waals surface area contributed by atoms with Crippen molar-refractivity contribution in [2.24, 2.45) is 0 Å². The SMILES string of the molecule is CC(=O)Cl.CC(=O)Nc1cncc(-c2nnc(NCc3ccccn3)c3c(-c4ccccc4)cccc23)c1.CC(=O)Nc1cncc(-c2nnc(NCc3ccccn3)c3c(-c4ccccc4)cccc23)c1.Nc1cncc(-c2nnc(NCc3ccccn3)c3c(-c4ccccc4)cccc23)c1. The molecule has 0 saturated heterocycles. The molecule has 0 aliphatic carbocycles. The van der Waals surface area contributed by atoms with E-state index in [0.717, 1.165) is 105 Å². The largest absolute Gasteiger partial charge is 0.397 e. The fourth-order valence-electron chi connectivity index (χ4n) is 11.5. The Kier molecular flexibility index (Phi) is 22.7. The lowest BCUT2D eigenvalue weighted by molar-refractivity contribution is -0.115. The van der Waals surface area contributed by atoms with Gasteiger partial charge in [-0.05, 0) is 99.6 Å². The minimum atomic E-state index is -0.361. The number of nitrogen functional groups attached to an aromatic ring is 1. The Morgan fingerprint density at radius 1 is 0.350 bits per heavy atom. The van der Waals surface area contributed by atoms with Gasteiger partial charge in [-0.25, -0.2) is 0 Å². The van der Waals surface area contributed by atoms with Gasteiger partial charge >= 0.3 is 0 Å². The summed E-state index contributed by atoms with van der Waals surface area (Å²) in [5.74, 6) is 1.75. The molecule has 2 amide bonds. The molecular formula is C81H67ClN18O3. The molecule has 9 heterocycles. The predicted octanol–water partition coefficient (Wildman–Crippen LogP) is 16.4. The molecule has 0 fully saturated rings. The van der Waals surface area contributed by atoms with E-state index in [4.69, 9.17) is 5.73 Å². The lowest BCUT2D eigenvalue weighted by Gasteiger charge is -2.15. The highest BCUT2D eigenvalue weighted by Crippen LogP contribution is 2.41. The van der Waals surface area contributed by atoms with E-state index in [9.17, 15) is 14.4 Å². The van der Waals surface area contributed by atoms with Crippen molar-refractivity contribution < 1.29 is 14.4 Å². The lowest BCUT2D eigenvalue weighted by atomic mass is 9.96. The number of nitrogens with zero attached hydrogens (tertiary/aromatic N) is 12. The van der Waals surface area contributed by atoms with E-state index >= 15 is 0 Å². The van der Waals surface area contributed by atoms with Gasteiger partial charge < -0.3 is 32.3 Å². The molecule has 0 aliphatic rings. The zero-order valence-electron chi connectivity index (χ0n) is 56.1. The Morgan fingerprint density at radius 3 is 0.961 bits per heavy atom. The minimum absolute atomic E-state index is 0.157. The van der Waals surface area contributed by atoms with Crippen molar-refractivity contribution in [1.82, 2.24) is 60.5 Å². The van der Waals surface area contributed by atoms with Crippen LogP contribution >= 0.6 is 11.6 Å². The number of hydrogen-bond acceptors (Lipinski definition) is 19. The van der Waals surface area contributed by atoms with Crippen LogP contribution in [0.25, 0.3) is 99.5 Å². The average molecular weight is 1380 g/mol. The first kappa shape index (κ1) is 69.2. The number of pyridine rings is 6. The molecule has 6 aromatic carbocycles. The second-order valence-electron chi connectivity index (χ2n) is 23.3. The molecule has 0 spiro atoms. The van der Waals surface area contributed by atoms with Gasteiger partial charge in [-0.2, -0.15) is 0 Å². The van der Waals surface area contributed by atoms with Crippen molar-refractivity contribution in [3.63, 3.8) is 0 Å². The number of hydrogen-bond donors (Lipinski definition) is 6. The van der Waals surface area contributed by atoms with E-state index in [1.807, 2.05) is 158 Å². The summed E-state index contributed by atoms with van der Waals surface area (Å²) in [5, 5.41) is 48.6. The Balaban J connectivity index is 0.000000142. The van der Waals surface area contributed by atoms with Crippen molar-refractivity contribution in [1.29, 1.82) is 0 Å². The smallest absolute Gasteiger partial charge is 0.221 e. The monoisotopic (exact) mass is 1370 g/mol. The van der Waals surface area contributed by atoms with Crippen molar-refractivity contribution >= 4 is 95.5 Å². The molecule has 0 unspecified atom stereocenters. The van der Waals surface area contributed by atoms with Crippen LogP contribution in [-0.2, 0) is 34.0 Å². The third kappa shape index (κ3) is 17.8. The first-order chi connectivity index (χ1) is 50.4. The van der Waals surface area contributed by atoms with Crippen LogP contribution in [0.5, 0.6) is 0 Å². The number of carbonyl (C=O) groups is 3. The molecule has 0 atom stereocenters. The van der Waals surface area contributed by atoms with Crippen molar-refractivity contribution in [2.75, 3.05) is 32.3 Å². The number of benzene rings is 6. The summed E-state index contributed by atoms with van der Waals surface area (Å²) in [4.78, 5) is 58.3. The zero-order valence-corrected chi connectivity index (χ0v) is 56.9. The summed E-state index contributed by atoms with van der Waals surface area (Å²) in [6.45, 7) is 5.82. The highest BCUT2D eigenvalue weighted by Gasteiger charge is 2.21. The predicted molar refractivity (Wildman–Crippen MR) is 409 cm³/mol. The van der Waals surface area contributed by atoms with Crippen LogP contribution in [0.4, 0.5) is 34.5 Å². The summed E-state index contributed by atoms with van der Waals surface area (Å²) >= 11 is 4.64. The van der Waals surface area contributed by atoms with Crippen molar-refractivity contribution in [2.45, 2.75) is 40.4 Å². The molecule has 0 bridgehead atoms. The first-order valence-electron chi connectivity index (χ1n) is 32.7. The molecule has 7 N–H and O–H groups in total. The molecule has 0 saturated carbocycles. The molecule has 9 aromatic heterocycles. The van der Waals surface area contributed by atoms with Gasteiger partial charge in [0.1, 0.15) is 17.1 Å². The van der Waals surface area contributed by atoms with E-state index < -0.39 is 0 Å². The standard InChI is InChI=1S/2C27H22N6O.C25H20N6.C2H3ClO/c2*1-18(34)31-22-14-20(15-28-16-22)26-24-12-7-11-23(19-8-3-2-4-9-19)25(24)27(33-32-26)30-17-21-10-5-6-13-29-21;26-19-13-18(14-27-15-19)24-22-11-6-10-21(17-7-2-1-3-8-17)23(22)25(31-30-24)29-16-20-9-4-5-12-28-20;1-2(3)4/h2*2-16H,17H2,1H3,(H,30,33)(H,31,34);1-15H,16,26H2,(H,29,31);1H3. The molecule has 103 heavy (non-hydrogen) atoms. The van der Waals surface area contributed by atoms with Crippen LogP contribution in [0.1, 0.15) is 37.9 Å². The molecular weight excluding hydrogens is 1310 g/mol. The number of aromatic nitrogens is 12.